The lowest BCUT2D eigenvalue weighted by Crippen LogP contribution is -2.41. The van der Waals surface area contributed by atoms with Crippen LogP contribution in [0.2, 0.25) is 0 Å². The Kier molecular flexibility index (Phi) is 11.1. The average molecular weight is 526 g/mol. The number of guanidine groups is 1. The molecular weight excluding hydrogens is 499 g/mol. The van der Waals surface area contributed by atoms with E-state index in [1.807, 2.05) is 18.2 Å². The summed E-state index contributed by atoms with van der Waals surface area (Å²) in [5.74, 6) is 1.62. The van der Waals surface area contributed by atoms with Gasteiger partial charge in [0.15, 0.2) is 15.8 Å². The minimum absolute atomic E-state index is 0. The number of nitrogens with one attached hydrogen (secondary N) is 3. The Morgan fingerprint density at radius 1 is 1.22 bits per heavy atom. The molecule has 0 radical (unpaired) electrons. The van der Waals surface area contributed by atoms with Crippen molar-refractivity contribution in [2.45, 2.75) is 23.8 Å². The molecule has 1 aliphatic rings. The van der Waals surface area contributed by atoms with Crippen LogP contribution in [0, 0.1) is 0 Å². The highest BCUT2D eigenvalue weighted by atomic mass is 127. The van der Waals surface area contributed by atoms with Crippen LogP contribution in [-0.2, 0) is 14.6 Å². The SMILES string of the molecule is CN=C(NCCSc1ccccc1)NCCC(=O)NC1CCS(=O)(=O)C1.I. The first-order valence-corrected chi connectivity index (χ1v) is 11.4. The Balaban J connectivity index is 0.00000364. The third-order valence-electron chi connectivity index (χ3n) is 3.87. The molecule has 1 amide bonds. The van der Waals surface area contributed by atoms with Gasteiger partial charge in [-0.15, -0.1) is 35.7 Å². The third-order valence-corrected chi connectivity index (χ3v) is 6.65. The maximum absolute atomic E-state index is 11.9. The van der Waals surface area contributed by atoms with Crippen molar-refractivity contribution in [1.82, 2.24) is 16.0 Å². The van der Waals surface area contributed by atoms with Crippen molar-refractivity contribution in [1.29, 1.82) is 0 Å². The Labute approximate surface area is 182 Å². The fraction of sp³-hybridized carbons (Fsp3) is 0.529. The molecule has 1 aromatic carbocycles. The lowest BCUT2D eigenvalue weighted by atomic mass is 10.2. The van der Waals surface area contributed by atoms with Gasteiger partial charge in [-0.05, 0) is 18.6 Å². The molecule has 0 spiro atoms. The molecule has 152 valence electrons. The number of sulfone groups is 1. The summed E-state index contributed by atoms with van der Waals surface area (Å²) in [5.41, 5.74) is 0. The van der Waals surface area contributed by atoms with Crippen LogP contribution in [0.25, 0.3) is 0 Å². The highest BCUT2D eigenvalue weighted by Gasteiger charge is 2.28. The highest BCUT2D eigenvalue weighted by molar-refractivity contribution is 14.0. The summed E-state index contributed by atoms with van der Waals surface area (Å²) in [7, 11) is -1.29. The molecule has 0 saturated carbocycles. The van der Waals surface area contributed by atoms with E-state index in [4.69, 9.17) is 0 Å². The molecule has 1 aromatic rings. The minimum atomic E-state index is -2.97. The Bertz CT molecular complexity index is 714. The number of benzene rings is 1. The number of hydrogen-bond donors (Lipinski definition) is 3. The van der Waals surface area contributed by atoms with Gasteiger partial charge >= 0.3 is 0 Å². The summed E-state index contributed by atoms with van der Waals surface area (Å²) < 4.78 is 22.8. The van der Waals surface area contributed by atoms with Gasteiger partial charge in [0, 0.05) is 43.2 Å². The van der Waals surface area contributed by atoms with Gasteiger partial charge in [0.2, 0.25) is 5.91 Å². The van der Waals surface area contributed by atoms with Crippen LogP contribution in [-0.4, -0.2) is 63.7 Å². The number of thioether (sulfide) groups is 1. The predicted molar refractivity (Wildman–Crippen MR) is 122 cm³/mol. The molecule has 1 atom stereocenters. The first-order chi connectivity index (χ1) is 12.5. The molecule has 1 fully saturated rings. The first-order valence-electron chi connectivity index (χ1n) is 8.60. The van der Waals surface area contributed by atoms with Crippen LogP contribution in [0.15, 0.2) is 40.2 Å². The number of hydrogen-bond acceptors (Lipinski definition) is 5. The zero-order chi connectivity index (χ0) is 18.8. The van der Waals surface area contributed by atoms with Crippen LogP contribution in [0.5, 0.6) is 0 Å². The van der Waals surface area contributed by atoms with E-state index in [-0.39, 0.29) is 53.9 Å². The van der Waals surface area contributed by atoms with Gasteiger partial charge in [-0.25, -0.2) is 8.42 Å². The van der Waals surface area contributed by atoms with E-state index >= 15 is 0 Å². The number of carbonyl (C=O) groups excluding carboxylic acids is 1. The molecule has 1 heterocycles. The molecular formula is C17H27IN4O3S2. The van der Waals surface area contributed by atoms with Crippen molar-refractivity contribution in [2.24, 2.45) is 4.99 Å². The molecule has 7 nitrogen and oxygen atoms in total. The highest BCUT2D eigenvalue weighted by Crippen LogP contribution is 2.15. The van der Waals surface area contributed by atoms with Crippen molar-refractivity contribution in [3.63, 3.8) is 0 Å². The number of carbonyl (C=O) groups is 1. The van der Waals surface area contributed by atoms with E-state index in [9.17, 15) is 13.2 Å². The lowest BCUT2D eigenvalue weighted by molar-refractivity contribution is -0.121. The van der Waals surface area contributed by atoms with Crippen LogP contribution in [0.4, 0.5) is 0 Å². The Hall–Kier alpha value is -1.01. The van der Waals surface area contributed by atoms with E-state index in [0.29, 0.717) is 18.9 Å². The third kappa shape index (κ3) is 9.65. The fourth-order valence-corrected chi connectivity index (χ4v) is 5.04. The van der Waals surface area contributed by atoms with Crippen LogP contribution in [0.1, 0.15) is 12.8 Å². The number of halogens is 1. The fourth-order valence-electron chi connectivity index (χ4n) is 2.58. The second kappa shape index (κ2) is 12.4. The summed E-state index contributed by atoms with van der Waals surface area (Å²) in [4.78, 5) is 17.2. The summed E-state index contributed by atoms with van der Waals surface area (Å²) in [6.45, 7) is 1.20. The van der Waals surface area contributed by atoms with Gasteiger partial charge in [0.25, 0.3) is 0 Å². The summed E-state index contributed by atoms with van der Waals surface area (Å²) in [5, 5.41) is 9.07. The normalized spacial score (nSPS) is 18.4. The van der Waals surface area contributed by atoms with Gasteiger partial charge in [-0.1, -0.05) is 18.2 Å². The van der Waals surface area contributed by atoms with Crippen LogP contribution < -0.4 is 16.0 Å². The summed E-state index contributed by atoms with van der Waals surface area (Å²) in [6, 6.07) is 9.93. The van der Waals surface area contributed by atoms with E-state index in [0.717, 1.165) is 12.3 Å². The van der Waals surface area contributed by atoms with Crippen molar-refractivity contribution in [2.75, 3.05) is 37.4 Å². The first kappa shape index (κ1) is 24.0. The minimum Gasteiger partial charge on any atom is -0.356 e. The maximum atomic E-state index is 11.9. The van der Waals surface area contributed by atoms with Gasteiger partial charge in [0.05, 0.1) is 11.5 Å². The molecule has 1 saturated heterocycles. The molecule has 1 aliphatic heterocycles. The zero-order valence-electron chi connectivity index (χ0n) is 15.3. The lowest BCUT2D eigenvalue weighted by Gasteiger charge is -2.13. The second-order valence-electron chi connectivity index (χ2n) is 6.00. The van der Waals surface area contributed by atoms with Gasteiger partial charge in [0.1, 0.15) is 0 Å². The maximum Gasteiger partial charge on any atom is 0.222 e. The standard InChI is InChI=1S/C17H26N4O3S2.HI/c1-18-17(20-10-11-25-15-5-3-2-4-6-15)19-9-7-16(22)21-14-8-12-26(23,24)13-14;/h2-6,14H,7-13H2,1H3,(H,21,22)(H2,18,19,20);1H. The second-order valence-corrected chi connectivity index (χ2v) is 9.40. The number of aliphatic imine (C=N–C) groups is 1. The number of amides is 1. The topological polar surface area (TPSA) is 99.7 Å². The molecule has 0 aromatic heterocycles. The quantitative estimate of drug-likeness (QED) is 0.155. The molecule has 10 heteroatoms. The Morgan fingerprint density at radius 2 is 1.93 bits per heavy atom. The number of nitrogens with zero attached hydrogens (tertiary/aromatic N) is 1. The molecule has 0 aliphatic carbocycles. The van der Waals surface area contributed by atoms with Gasteiger partial charge in [-0.3, -0.25) is 9.79 Å². The molecule has 27 heavy (non-hydrogen) atoms. The molecule has 0 bridgehead atoms. The zero-order valence-corrected chi connectivity index (χ0v) is 19.3. The smallest absolute Gasteiger partial charge is 0.222 e. The predicted octanol–water partition coefficient (Wildman–Crippen LogP) is 1.26. The van der Waals surface area contributed by atoms with Crippen molar-refractivity contribution in [3.8, 4) is 0 Å². The van der Waals surface area contributed by atoms with E-state index in [2.05, 4.69) is 33.1 Å². The van der Waals surface area contributed by atoms with Crippen LogP contribution in [0.3, 0.4) is 0 Å². The molecule has 1 unspecified atom stereocenters. The van der Waals surface area contributed by atoms with Crippen molar-refractivity contribution in [3.05, 3.63) is 30.3 Å². The van der Waals surface area contributed by atoms with Crippen molar-refractivity contribution >= 4 is 57.4 Å². The van der Waals surface area contributed by atoms with Crippen molar-refractivity contribution < 1.29 is 13.2 Å². The van der Waals surface area contributed by atoms with Gasteiger partial charge in [-0.2, -0.15) is 0 Å². The summed E-state index contributed by atoms with van der Waals surface area (Å²) in [6.07, 6.45) is 0.778. The largest absolute Gasteiger partial charge is 0.356 e. The molecule has 3 N–H and O–H groups in total. The molecule has 2 rings (SSSR count). The average Bonchev–Trinajstić information content (AvgIpc) is 2.96. The van der Waals surface area contributed by atoms with E-state index in [1.165, 1.54) is 4.90 Å². The van der Waals surface area contributed by atoms with Crippen LogP contribution >= 0.6 is 35.7 Å². The van der Waals surface area contributed by atoms with E-state index in [1.54, 1.807) is 18.8 Å². The monoisotopic (exact) mass is 526 g/mol. The van der Waals surface area contributed by atoms with Gasteiger partial charge < -0.3 is 16.0 Å². The van der Waals surface area contributed by atoms with E-state index < -0.39 is 9.84 Å². The Morgan fingerprint density at radius 3 is 2.56 bits per heavy atom. The summed E-state index contributed by atoms with van der Waals surface area (Å²) >= 11 is 1.76. The number of rotatable bonds is 8.